The third-order valence-electron chi connectivity index (χ3n) is 3.61. The molecule has 0 fully saturated rings. The number of phenols is 1. The Morgan fingerprint density at radius 1 is 1.05 bits per heavy atom. The maximum atomic E-state index is 11.0. The molecule has 0 atom stereocenters. The minimum absolute atomic E-state index is 0.0166. The van der Waals surface area contributed by atoms with Crippen molar-refractivity contribution in [3.05, 3.63) is 28.8 Å². The second-order valence-electron chi connectivity index (χ2n) is 5.50. The molecule has 0 aliphatic carbocycles. The van der Waals surface area contributed by atoms with Crippen LogP contribution in [0, 0.1) is 6.92 Å². The third-order valence-corrected chi connectivity index (χ3v) is 3.61. The van der Waals surface area contributed by atoms with Gasteiger partial charge in [0.2, 0.25) is 0 Å². The molecule has 0 aromatic heterocycles. The number of hydrogen-bond acceptors (Lipinski definition) is 2. The van der Waals surface area contributed by atoms with Crippen LogP contribution in [0.5, 0.6) is 5.75 Å². The number of aromatic carboxylic acids is 1. The highest BCUT2D eigenvalue weighted by Gasteiger charge is 2.14. The van der Waals surface area contributed by atoms with Crippen LogP contribution in [0.2, 0.25) is 0 Å². The van der Waals surface area contributed by atoms with Crippen molar-refractivity contribution in [1.82, 2.24) is 0 Å². The number of rotatable bonds is 9. The fraction of sp³-hybridized carbons (Fsp3) is 0.588. The number of benzene rings is 1. The molecule has 0 bridgehead atoms. The summed E-state index contributed by atoms with van der Waals surface area (Å²) >= 11 is 0. The van der Waals surface area contributed by atoms with Gasteiger partial charge in [-0.25, -0.2) is 4.79 Å². The van der Waals surface area contributed by atoms with Gasteiger partial charge in [-0.05, 0) is 37.0 Å². The molecule has 0 amide bonds. The first kappa shape index (κ1) is 16.5. The summed E-state index contributed by atoms with van der Waals surface area (Å²) in [6, 6.07) is 3.41. The second-order valence-corrected chi connectivity index (χ2v) is 5.50. The summed E-state index contributed by atoms with van der Waals surface area (Å²) in [6.07, 6.45) is 9.25. The van der Waals surface area contributed by atoms with E-state index in [-0.39, 0.29) is 11.3 Å². The Bertz CT molecular complexity index is 438. The van der Waals surface area contributed by atoms with Gasteiger partial charge < -0.3 is 10.2 Å². The summed E-state index contributed by atoms with van der Waals surface area (Å²) in [7, 11) is 0. The molecule has 112 valence electrons. The Morgan fingerprint density at radius 2 is 1.65 bits per heavy atom. The van der Waals surface area contributed by atoms with Gasteiger partial charge >= 0.3 is 5.97 Å². The first-order chi connectivity index (χ1) is 9.56. The quantitative estimate of drug-likeness (QED) is 0.644. The Morgan fingerprint density at radius 3 is 2.25 bits per heavy atom. The number of carbonyl (C=O) groups is 1. The van der Waals surface area contributed by atoms with Crippen LogP contribution < -0.4 is 0 Å². The first-order valence-corrected chi connectivity index (χ1v) is 7.62. The molecular formula is C17H26O3. The lowest BCUT2D eigenvalue weighted by Crippen LogP contribution is -2.00. The zero-order chi connectivity index (χ0) is 15.0. The largest absolute Gasteiger partial charge is 0.507 e. The minimum Gasteiger partial charge on any atom is -0.507 e. The molecule has 1 aromatic carbocycles. The molecule has 3 nitrogen and oxygen atoms in total. The lowest BCUT2D eigenvalue weighted by Gasteiger charge is -2.09. The Labute approximate surface area is 121 Å². The van der Waals surface area contributed by atoms with Gasteiger partial charge in [0.15, 0.2) is 0 Å². The van der Waals surface area contributed by atoms with Crippen molar-refractivity contribution in [2.24, 2.45) is 0 Å². The molecule has 0 aliphatic rings. The average molecular weight is 278 g/mol. The molecule has 1 aromatic rings. The Balaban J connectivity index is 2.46. The molecule has 0 aliphatic heterocycles. The molecule has 0 unspecified atom stereocenters. The van der Waals surface area contributed by atoms with Crippen molar-refractivity contribution in [2.75, 3.05) is 0 Å². The van der Waals surface area contributed by atoms with E-state index in [9.17, 15) is 9.90 Å². The Kier molecular flexibility index (Phi) is 7.13. The van der Waals surface area contributed by atoms with Gasteiger partial charge in [-0.1, -0.05) is 51.5 Å². The van der Waals surface area contributed by atoms with Crippen LogP contribution in [-0.4, -0.2) is 16.2 Å². The fourth-order valence-electron chi connectivity index (χ4n) is 2.48. The van der Waals surface area contributed by atoms with Crippen molar-refractivity contribution in [3.8, 4) is 5.75 Å². The van der Waals surface area contributed by atoms with Gasteiger partial charge in [0.05, 0.1) is 0 Å². The normalized spacial score (nSPS) is 10.7. The maximum absolute atomic E-state index is 11.0. The summed E-state index contributed by atoms with van der Waals surface area (Å²) < 4.78 is 0. The number of aryl methyl sites for hydroxylation is 2. The highest BCUT2D eigenvalue weighted by atomic mass is 16.4. The van der Waals surface area contributed by atoms with Gasteiger partial charge in [0, 0.05) is 0 Å². The van der Waals surface area contributed by atoms with Crippen LogP contribution in [0.4, 0.5) is 0 Å². The molecule has 0 radical (unpaired) electrons. The SMILES string of the molecule is CCCCCCCCCc1cc(C)cc(C(=O)O)c1O. The van der Waals surface area contributed by atoms with E-state index in [1.54, 1.807) is 0 Å². The zero-order valence-corrected chi connectivity index (χ0v) is 12.6. The van der Waals surface area contributed by atoms with Crippen molar-refractivity contribution >= 4 is 5.97 Å². The molecule has 20 heavy (non-hydrogen) atoms. The molecule has 0 saturated carbocycles. The van der Waals surface area contributed by atoms with Gasteiger partial charge in [-0.2, -0.15) is 0 Å². The molecule has 1 rings (SSSR count). The topological polar surface area (TPSA) is 57.5 Å². The highest BCUT2D eigenvalue weighted by Crippen LogP contribution is 2.26. The molecule has 0 spiro atoms. The van der Waals surface area contributed by atoms with E-state index >= 15 is 0 Å². The van der Waals surface area contributed by atoms with E-state index in [1.165, 1.54) is 38.2 Å². The summed E-state index contributed by atoms with van der Waals surface area (Å²) in [5.41, 5.74) is 1.66. The smallest absolute Gasteiger partial charge is 0.339 e. The van der Waals surface area contributed by atoms with E-state index in [1.807, 2.05) is 13.0 Å². The van der Waals surface area contributed by atoms with Crippen LogP contribution >= 0.6 is 0 Å². The maximum Gasteiger partial charge on any atom is 0.339 e. The first-order valence-electron chi connectivity index (χ1n) is 7.62. The van der Waals surface area contributed by atoms with Crippen molar-refractivity contribution in [1.29, 1.82) is 0 Å². The summed E-state index contributed by atoms with van der Waals surface area (Å²) in [5, 5.41) is 19.0. The van der Waals surface area contributed by atoms with Crippen molar-refractivity contribution in [2.45, 2.75) is 65.2 Å². The molecular weight excluding hydrogens is 252 g/mol. The van der Waals surface area contributed by atoms with Crippen LogP contribution in [0.25, 0.3) is 0 Å². The van der Waals surface area contributed by atoms with E-state index in [2.05, 4.69) is 6.92 Å². The number of hydrogen-bond donors (Lipinski definition) is 2. The summed E-state index contributed by atoms with van der Waals surface area (Å²) in [4.78, 5) is 11.0. The Hall–Kier alpha value is -1.51. The summed E-state index contributed by atoms with van der Waals surface area (Å²) in [5.74, 6) is -1.12. The molecule has 0 heterocycles. The highest BCUT2D eigenvalue weighted by molar-refractivity contribution is 5.91. The lowest BCUT2D eigenvalue weighted by atomic mass is 9.99. The third kappa shape index (κ3) is 5.24. The van der Waals surface area contributed by atoms with Crippen molar-refractivity contribution < 1.29 is 15.0 Å². The van der Waals surface area contributed by atoms with Crippen LogP contribution in [-0.2, 0) is 6.42 Å². The molecule has 3 heteroatoms. The predicted molar refractivity (Wildman–Crippen MR) is 81.5 cm³/mol. The molecule has 0 saturated heterocycles. The lowest BCUT2D eigenvalue weighted by molar-refractivity contribution is 0.0693. The monoisotopic (exact) mass is 278 g/mol. The van der Waals surface area contributed by atoms with Gasteiger partial charge in [0.25, 0.3) is 0 Å². The number of carboxylic acids is 1. The summed E-state index contributed by atoms with van der Waals surface area (Å²) in [6.45, 7) is 4.07. The number of unbranched alkanes of at least 4 members (excludes halogenated alkanes) is 6. The van der Waals surface area contributed by atoms with Crippen LogP contribution in [0.15, 0.2) is 12.1 Å². The van der Waals surface area contributed by atoms with Gasteiger partial charge in [0.1, 0.15) is 11.3 Å². The zero-order valence-electron chi connectivity index (χ0n) is 12.6. The van der Waals surface area contributed by atoms with Crippen LogP contribution in [0.3, 0.4) is 0 Å². The van der Waals surface area contributed by atoms with E-state index in [4.69, 9.17) is 5.11 Å². The van der Waals surface area contributed by atoms with E-state index in [0.717, 1.165) is 30.4 Å². The van der Waals surface area contributed by atoms with Crippen molar-refractivity contribution in [3.63, 3.8) is 0 Å². The van der Waals surface area contributed by atoms with Gasteiger partial charge in [-0.15, -0.1) is 0 Å². The van der Waals surface area contributed by atoms with E-state index < -0.39 is 5.97 Å². The standard InChI is InChI=1S/C17H26O3/c1-3-4-5-6-7-8-9-10-14-11-13(2)12-15(16(14)18)17(19)20/h11-12,18H,3-10H2,1-2H3,(H,19,20). The minimum atomic E-state index is -1.06. The average Bonchev–Trinajstić information content (AvgIpc) is 2.40. The van der Waals surface area contributed by atoms with E-state index in [0.29, 0.717) is 0 Å². The number of carboxylic acid groups (broad SMARTS) is 1. The molecule has 2 N–H and O–H groups in total. The second kappa shape index (κ2) is 8.62. The predicted octanol–water partition coefficient (Wildman–Crippen LogP) is 4.69. The fourth-order valence-corrected chi connectivity index (χ4v) is 2.48. The number of aromatic hydroxyl groups is 1. The van der Waals surface area contributed by atoms with Crippen LogP contribution in [0.1, 0.15) is 73.4 Å². The van der Waals surface area contributed by atoms with Gasteiger partial charge in [-0.3, -0.25) is 0 Å².